The van der Waals surface area contributed by atoms with Crippen molar-refractivity contribution in [2.45, 2.75) is 0 Å². The van der Waals surface area contributed by atoms with Crippen molar-refractivity contribution in [3.8, 4) is 0 Å². The van der Waals surface area contributed by atoms with Gasteiger partial charge in [-0.3, -0.25) is 4.79 Å². The summed E-state index contributed by atoms with van der Waals surface area (Å²) in [6.07, 6.45) is 0. The third-order valence-corrected chi connectivity index (χ3v) is 0. The molecule has 0 bridgehead atoms. The minimum atomic E-state index is -0.250. The maximum atomic E-state index is 8.36. The van der Waals surface area contributed by atoms with Crippen molar-refractivity contribution in [1.29, 1.82) is 0 Å². The molecule has 0 aromatic rings. The van der Waals surface area contributed by atoms with Crippen LogP contribution in [0.2, 0.25) is 0 Å². The molecule has 490 valence electrons. The number of hydrogen-bond donors (Lipinski definition) is 1. The minimum absolute atomic E-state index is 0. The van der Waals surface area contributed by atoms with E-state index < -0.39 is 0 Å². The number of rotatable bonds is 0. The van der Waals surface area contributed by atoms with Crippen LogP contribution in [0, 0.1) is 0 Å². The van der Waals surface area contributed by atoms with E-state index in [-0.39, 0.29) is 330 Å². The first-order valence-corrected chi connectivity index (χ1v) is 0.494. The normalized spacial score (nSPS) is 0.194. The van der Waals surface area contributed by atoms with Crippen LogP contribution >= 0.6 is 0 Å². The third kappa shape index (κ3) is 21500. The predicted octanol–water partition coefficient (Wildman–Crippen LogP) is -49.0. The highest BCUT2D eigenvalue weighted by Gasteiger charge is 1.22. The highest BCUT2D eigenvalue weighted by atomic mass is 16.3. The van der Waals surface area contributed by atoms with Crippen molar-refractivity contribution in [2.24, 2.45) is 0 Å². The molecule has 0 aliphatic carbocycles. The van der Waals surface area contributed by atoms with Gasteiger partial charge in [0.05, 0.1) is 0 Å². The molecule has 0 spiro atoms. The van der Waals surface area contributed by atoms with Crippen molar-refractivity contribution in [3.63, 3.8) is 0 Å². The molecular formula is CH120O61. The van der Waals surface area contributed by atoms with Gasteiger partial charge in [0, 0.05) is 0 Å². The summed E-state index contributed by atoms with van der Waals surface area (Å²) >= 11 is 0. The van der Waals surface area contributed by atoms with E-state index in [1.165, 1.54) is 0 Å². The lowest BCUT2D eigenvalue weighted by molar-refractivity contribution is -0.122. The molecule has 0 aliphatic rings. The molecule has 0 atom stereocenters. The van der Waals surface area contributed by atoms with Gasteiger partial charge in [-0.15, -0.1) is 0 Å². The van der Waals surface area contributed by atoms with Gasteiger partial charge < -0.3 is 328 Å². The molecule has 0 aromatic heterocycles. The zero-order valence-corrected chi connectivity index (χ0v) is 30.9. The Morgan fingerprint density at radius 1 is 0.113 bits per heavy atom. The van der Waals surface area contributed by atoms with E-state index in [2.05, 4.69) is 0 Å². The molecular weight excluding hydrogens is 988 g/mol. The Balaban J connectivity index is -0.0000000000117. The summed E-state index contributed by atoms with van der Waals surface area (Å²) in [5.74, 6) is 0. The van der Waals surface area contributed by atoms with Gasteiger partial charge in [-0.1, -0.05) is 0 Å². The summed E-state index contributed by atoms with van der Waals surface area (Å²) in [6, 6.07) is 0. The van der Waals surface area contributed by atoms with Gasteiger partial charge in [-0.05, 0) is 0 Å². The summed E-state index contributed by atoms with van der Waals surface area (Å²) in [7, 11) is 0. The van der Waals surface area contributed by atoms with Crippen LogP contribution in [0.5, 0.6) is 0 Å². The highest BCUT2D eigenvalue weighted by Crippen LogP contribution is 0.966. The Morgan fingerprint density at radius 2 is 0.113 bits per heavy atom. The van der Waals surface area contributed by atoms with E-state index in [4.69, 9.17) is 9.90 Å². The maximum Gasteiger partial charge on any atom is 0.290 e. The standard InChI is InChI=1S/CH2O2.59H2O/c2-1-3;;;;;;;;;;;;;;;;;;;;;;;;;;;;;;;;;;;;;;;;;;;;;;;;;;;;;;;;;;;/h1H,(H,2,3);59*1H2. The van der Waals surface area contributed by atoms with E-state index >= 15 is 0 Å². The zero-order valence-electron chi connectivity index (χ0n) is 30.9. The molecule has 0 radical (unpaired) electrons. The largest absolute Gasteiger partial charge is 0.483 e. The maximum absolute atomic E-state index is 8.36. The van der Waals surface area contributed by atoms with E-state index in [9.17, 15) is 0 Å². The smallest absolute Gasteiger partial charge is 0.290 e. The van der Waals surface area contributed by atoms with Crippen LogP contribution in [0.4, 0.5) is 0 Å². The van der Waals surface area contributed by atoms with E-state index in [0.717, 1.165) is 0 Å². The van der Waals surface area contributed by atoms with Gasteiger partial charge in [-0.2, -0.15) is 0 Å². The monoisotopic (exact) mass is 1110 g/mol. The average molecular weight is 1110 g/mol. The average Bonchev–Trinajstić information content (AvgIpc) is 0.918. The van der Waals surface area contributed by atoms with Gasteiger partial charge in [0.2, 0.25) is 0 Å². The first kappa shape index (κ1) is 252000. The minimum Gasteiger partial charge on any atom is -0.483 e. The van der Waals surface area contributed by atoms with Crippen LogP contribution < -0.4 is 0 Å². The van der Waals surface area contributed by atoms with Gasteiger partial charge in [0.15, 0.2) is 0 Å². The van der Waals surface area contributed by atoms with Crippen LogP contribution in [-0.4, -0.2) is 335 Å². The number of hydrogen-bond acceptors (Lipinski definition) is 1. The fraction of sp³-hybridized carbons (Fsp3) is 0. The van der Waals surface area contributed by atoms with Crippen LogP contribution in [0.25, 0.3) is 0 Å². The first-order valence-electron chi connectivity index (χ1n) is 0.494. The lowest BCUT2D eigenvalue weighted by atomic mass is 11.7. The fourth-order valence-corrected chi connectivity index (χ4v) is 0. The first-order chi connectivity index (χ1) is 1.41. The molecule has 0 aromatic carbocycles. The van der Waals surface area contributed by atoms with Gasteiger partial charge in [-0.25, -0.2) is 0 Å². The van der Waals surface area contributed by atoms with Crippen LogP contribution in [0.3, 0.4) is 0 Å². The Labute approximate surface area is 341 Å². The van der Waals surface area contributed by atoms with E-state index in [0.29, 0.717) is 0 Å². The zero-order chi connectivity index (χ0) is 2.71. The van der Waals surface area contributed by atoms with Gasteiger partial charge in [0.1, 0.15) is 0 Å². The van der Waals surface area contributed by atoms with Crippen molar-refractivity contribution >= 4 is 6.47 Å². The summed E-state index contributed by atoms with van der Waals surface area (Å²) in [5, 5.41) is 6.89. The molecule has 0 aliphatic heterocycles. The second-order valence-corrected chi connectivity index (χ2v) is 0.105. The molecule has 0 fully saturated rings. The van der Waals surface area contributed by atoms with E-state index in [1.807, 2.05) is 0 Å². The van der Waals surface area contributed by atoms with Crippen LogP contribution in [-0.2, 0) is 4.79 Å². The third-order valence-electron chi connectivity index (χ3n) is 0. The van der Waals surface area contributed by atoms with Crippen molar-refractivity contribution in [3.05, 3.63) is 0 Å². The Kier molecular flexibility index (Phi) is 216000000. The Bertz CT molecular complexity index is 14.9. The van der Waals surface area contributed by atoms with Gasteiger partial charge >= 0.3 is 0 Å². The van der Waals surface area contributed by atoms with Gasteiger partial charge in [0.25, 0.3) is 6.47 Å². The molecule has 0 rings (SSSR count). The molecule has 0 saturated carbocycles. The summed E-state index contributed by atoms with van der Waals surface area (Å²) in [6.45, 7) is -0.250. The molecule has 61 heteroatoms. The molecule has 62 heavy (non-hydrogen) atoms. The summed E-state index contributed by atoms with van der Waals surface area (Å²) in [5.41, 5.74) is 0. The molecule has 61 nitrogen and oxygen atoms in total. The molecule has 0 saturated heterocycles. The van der Waals surface area contributed by atoms with Crippen molar-refractivity contribution in [2.75, 3.05) is 0 Å². The lowest BCUT2D eigenvalue weighted by Gasteiger charge is -1.34. The molecule has 0 heterocycles. The van der Waals surface area contributed by atoms with Crippen LogP contribution in [0.1, 0.15) is 0 Å². The van der Waals surface area contributed by atoms with Crippen LogP contribution in [0.15, 0.2) is 0 Å². The predicted molar refractivity (Wildman–Crippen MR) is 222 cm³/mol. The van der Waals surface area contributed by atoms with E-state index in [1.54, 1.807) is 0 Å². The topological polar surface area (TPSA) is 1900 Å². The highest BCUT2D eigenvalue weighted by molar-refractivity contribution is 5.32. The number of carbonyl (C=O) groups is 1. The fourth-order valence-electron chi connectivity index (χ4n) is 0. The quantitative estimate of drug-likeness (QED) is 0.231. The molecule has 119 N–H and O–H groups in total. The summed E-state index contributed by atoms with van der Waals surface area (Å²) < 4.78 is 0. The number of carboxylic acid groups (broad SMARTS) is 1. The summed E-state index contributed by atoms with van der Waals surface area (Å²) in [4.78, 5) is 8.36. The molecule has 0 unspecified atom stereocenters. The van der Waals surface area contributed by atoms with Crippen molar-refractivity contribution in [1.82, 2.24) is 0 Å². The second kappa shape index (κ2) is 53100. The van der Waals surface area contributed by atoms with Crippen molar-refractivity contribution < 1.29 is 333 Å². The second-order valence-electron chi connectivity index (χ2n) is 0.105. The Hall–Kier alpha value is -2.89. The molecule has 0 amide bonds. The lowest BCUT2D eigenvalue weighted by Crippen LogP contribution is -1.49. The SMILES string of the molecule is O.O.O.O.O.O.O.O.O.O.O.O.O.O.O.O.O.O.O.O.O.O.O.O.O.O.O.O.O.O.O.O.O.O.O.O.O.O.O.O.O.O.O.O.O.O.O.O.O.O.O.O.O.O.O.O.O.O.O.O=CO. The Morgan fingerprint density at radius 3 is 0.113 bits per heavy atom.